The maximum Gasteiger partial charge on any atom is 0.142 e. The van der Waals surface area contributed by atoms with E-state index in [2.05, 4.69) is 19.0 Å². The molecule has 1 aromatic carbocycles. The van der Waals surface area contributed by atoms with Crippen LogP contribution >= 0.6 is 0 Å². The zero-order chi connectivity index (χ0) is 17.9. The molecular weight excluding hydrogens is 318 g/mol. The van der Waals surface area contributed by atoms with Gasteiger partial charge in [0.25, 0.3) is 0 Å². The summed E-state index contributed by atoms with van der Waals surface area (Å²) < 4.78 is 17.8. The molecule has 1 heterocycles. The molecule has 1 saturated heterocycles. The Bertz CT molecular complexity index is 583. The molecule has 1 aliphatic carbocycles. The van der Waals surface area contributed by atoms with Crippen LogP contribution in [0, 0.1) is 5.92 Å². The van der Waals surface area contributed by atoms with Gasteiger partial charge >= 0.3 is 0 Å². The molecule has 4 atom stereocenters. The summed E-state index contributed by atoms with van der Waals surface area (Å²) in [6, 6.07) is 10.0. The fraction of sp³-hybridized carbons (Fsp3) is 0.650. The van der Waals surface area contributed by atoms with Crippen molar-refractivity contribution in [1.29, 1.82) is 0 Å². The molecule has 3 unspecified atom stereocenters. The molecule has 0 bridgehead atoms. The fourth-order valence-corrected chi connectivity index (χ4v) is 3.88. The third-order valence-corrected chi connectivity index (χ3v) is 5.08. The number of rotatable bonds is 7. The van der Waals surface area contributed by atoms with E-state index < -0.39 is 0 Å². The molecule has 0 amide bonds. The van der Waals surface area contributed by atoms with E-state index in [4.69, 9.17) is 19.0 Å². The second-order valence-corrected chi connectivity index (χ2v) is 7.29. The predicted molar refractivity (Wildman–Crippen MR) is 96.6 cm³/mol. The van der Waals surface area contributed by atoms with E-state index in [1.165, 1.54) is 0 Å². The number of ether oxygens (including phenoxy) is 3. The Kier molecular flexibility index (Phi) is 5.77. The van der Waals surface area contributed by atoms with E-state index in [1.54, 1.807) is 7.11 Å². The third kappa shape index (κ3) is 4.22. The van der Waals surface area contributed by atoms with Crippen molar-refractivity contribution in [2.24, 2.45) is 11.1 Å². The Labute approximate surface area is 150 Å². The minimum Gasteiger partial charge on any atom is -0.391 e. The van der Waals surface area contributed by atoms with Crippen LogP contribution in [0.2, 0.25) is 0 Å². The summed E-state index contributed by atoms with van der Waals surface area (Å²) in [6.45, 7) is 7.34. The van der Waals surface area contributed by atoms with E-state index in [0.29, 0.717) is 6.61 Å². The lowest BCUT2D eigenvalue weighted by Crippen LogP contribution is -2.52. The summed E-state index contributed by atoms with van der Waals surface area (Å²) in [6.07, 6.45) is 2.09. The van der Waals surface area contributed by atoms with Crippen molar-refractivity contribution in [2.75, 3.05) is 13.7 Å². The molecule has 2 aliphatic rings. The molecule has 5 heteroatoms. The van der Waals surface area contributed by atoms with Crippen molar-refractivity contribution < 1.29 is 19.0 Å². The molecule has 0 N–H and O–H groups in total. The minimum absolute atomic E-state index is 0.0594. The molecule has 1 spiro atoms. The number of nitrogens with zero attached hydrogens (tertiary/aromatic N) is 1. The van der Waals surface area contributed by atoms with Crippen LogP contribution < -0.4 is 0 Å². The molecule has 2 fully saturated rings. The minimum atomic E-state index is -0.152. The quantitative estimate of drug-likeness (QED) is 0.430. The molecule has 5 nitrogen and oxygen atoms in total. The van der Waals surface area contributed by atoms with Gasteiger partial charge in [0.15, 0.2) is 0 Å². The van der Waals surface area contributed by atoms with Crippen molar-refractivity contribution in [3.05, 3.63) is 35.9 Å². The van der Waals surface area contributed by atoms with Crippen molar-refractivity contribution in [2.45, 2.75) is 64.1 Å². The average Bonchev–Trinajstić information content (AvgIpc) is 3.36. The van der Waals surface area contributed by atoms with Crippen LogP contribution in [0.3, 0.4) is 0 Å². The lowest BCUT2D eigenvalue weighted by Gasteiger charge is -2.41. The normalized spacial score (nSPS) is 32.2. The highest BCUT2D eigenvalue weighted by molar-refractivity contribution is 5.86. The molecule has 0 aromatic heterocycles. The SMILES string of the molecule is COC1C(OC(C)C)CC[C@]2(CO2)C1/C(C)=N/OCc1ccccc1. The molecule has 3 rings (SSSR count). The molecular formula is C20H29NO4. The predicted octanol–water partition coefficient (Wildman–Crippen LogP) is 3.57. The van der Waals surface area contributed by atoms with Gasteiger partial charge in [0, 0.05) is 7.11 Å². The number of oxime groups is 1. The maximum absolute atomic E-state index is 6.09. The van der Waals surface area contributed by atoms with Crippen LogP contribution in [0.15, 0.2) is 35.5 Å². The van der Waals surface area contributed by atoms with E-state index >= 15 is 0 Å². The number of methoxy groups -OCH3 is 1. The Morgan fingerprint density at radius 3 is 2.64 bits per heavy atom. The summed E-state index contributed by atoms with van der Waals surface area (Å²) in [5, 5.41) is 4.39. The zero-order valence-electron chi connectivity index (χ0n) is 15.6. The molecule has 0 radical (unpaired) electrons. The van der Waals surface area contributed by atoms with Crippen LogP contribution in [0.5, 0.6) is 0 Å². The van der Waals surface area contributed by atoms with Gasteiger partial charge in [-0.3, -0.25) is 0 Å². The summed E-state index contributed by atoms with van der Waals surface area (Å²) in [5.41, 5.74) is 1.86. The van der Waals surface area contributed by atoms with Crippen LogP contribution in [-0.2, 0) is 25.7 Å². The Morgan fingerprint density at radius 2 is 2.04 bits per heavy atom. The summed E-state index contributed by atoms with van der Waals surface area (Å²) >= 11 is 0. The lowest BCUT2D eigenvalue weighted by molar-refractivity contribution is -0.124. The van der Waals surface area contributed by atoms with Gasteiger partial charge in [-0.25, -0.2) is 0 Å². The Hall–Kier alpha value is -1.43. The second kappa shape index (κ2) is 7.85. The smallest absolute Gasteiger partial charge is 0.142 e. The highest BCUT2D eigenvalue weighted by Gasteiger charge is 2.60. The molecule has 1 aromatic rings. The van der Waals surface area contributed by atoms with Gasteiger partial charge in [0.1, 0.15) is 12.2 Å². The monoisotopic (exact) mass is 347 g/mol. The first kappa shape index (κ1) is 18.4. The van der Waals surface area contributed by atoms with Crippen molar-refractivity contribution >= 4 is 5.71 Å². The van der Waals surface area contributed by atoms with Gasteiger partial charge in [0.05, 0.1) is 36.5 Å². The van der Waals surface area contributed by atoms with Crippen molar-refractivity contribution in [1.82, 2.24) is 0 Å². The first-order valence-electron chi connectivity index (χ1n) is 9.08. The van der Waals surface area contributed by atoms with E-state index in [1.807, 2.05) is 37.3 Å². The van der Waals surface area contributed by atoms with Gasteiger partial charge in [-0.05, 0) is 39.2 Å². The summed E-state index contributed by atoms with van der Waals surface area (Å²) in [5.74, 6) is 0.0609. The zero-order valence-corrected chi connectivity index (χ0v) is 15.6. The van der Waals surface area contributed by atoms with E-state index in [0.717, 1.165) is 30.7 Å². The van der Waals surface area contributed by atoms with Crippen LogP contribution in [0.25, 0.3) is 0 Å². The number of hydrogen-bond donors (Lipinski definition) is 0. The third-order valence-electron chi connectivity index (χ3n) is 5.08. The number of benzene rings is 1. The number of hydrogen-bond acceptors (Lipinski definition) is 5. The van der Waals surface area contributed by atoms with Crippen LogP contribution in [0.4, 0.5) is 0 Å². The molecule has 25 heavy (non-hydrogen) atoms. The molecule has 138 valence electrons. The van der Waals surface area contributed by atoms with E-state index in [-0.39, 0.29) is 29.8 Å². The van der Waals surface area contributed by atoms with Gasteiger partial charge in [-0.2, -0.15) is 0 Å². The van der Waals surface area contributed by atoms with Gasteiger partial charge in [0.2, 0.25) is 0 Å². The van der Waals surface area contributed by atoms with Crippen molar-refractivity contribution in [3.8, 4) is 0 Å². The molecule has 1 saturated carbocycles. The second-order valence-electron chi connectivity index (χ2n) is 7.29. The first-order valence-corrected chi connectivity index (χ1v) is 9.08. The summed E-state index contributed by atoms with van der Waals surface area (Å²) in [7, 11) is 1.74. The molecule has 1 aliphatic heterocycles. The fourth-order valence-electron chi connectivity index (χ4n) is 3.88. The van der Waals surface area contributed by atoms with E-state index in [9.17, 15) is 0 Å². The van der Waals surface area contributed by atoms with Gasteiger partial charge in [-0.1, -0.05) is 35.5 Å². The Balaban J connectivity index is 1.70. The highest BCUT2D eigenvalue weighted by atomic mass is 16.6. The topological polar surface area (TPSA) is 52.6 Å². The van der Waals surface area contributed by atoms with Crippen LogP contribution in [0.1, 0.15) is 39.2 Å². The largest absolute Gasteiger partial charge is 0.391 e. The lowest BCUT2D eigenvalue weighted by atomic mass is 9.73. The Morgan fingerprint density at radius 1 is 1.32 bits per heavy atom. The number of epoxide rings is 1. The van der Waals surface area contributed by atoms with Crippen molar-refractivity contribution in [3.63, 3.8) is 0 Å². The highest BCUT2D eigenvalue weighted by Crippen LogP contribution is 2.48. The van der Waals surface area contributed by atoms with Gasteiger partial charge in [-0.15, -0.1) is 0 Å². The average molecular weight is 347 g/mol. The van der Waals surface area contributed by atoms with Gasteiger partial charge < -0.3 is 19.0 Å². The van der Waals surface area contributed by atoms with Crippen LogP contribution in [-0.4, -0.2) is 43.3 Å². The maximum atomic E-state index is 6.09. The standard InChI is InChI=1S/C20H29NO4/c1-14(2)25-17-10-11-20(13-23-20)18(19(17)22-4)15(3)21-24-12-16-8-6-5-7-9-16/h5-9,14,17-19H,10-13H2,1-4H3/b21-15+/t17?,18?,19?,20-/m0/s1. The summed E-state index contributed by atoms with van der Waals surface area (Å²) in [4.78, 5) is 5.60. The first-order chi connectivity index (χ1) is 12.1.